The topological polar surface area (TPSA) is 67.0 Å². The average molecular weight is 404 g/mol. The number of benzene rings is 2. The van der Waals surface area contributed by atoms with E-state index in [1.165, 1.54) is 18.9 Å². The SMILES string of the molecule is CCCCC(C)c1nc2c(Oc3ccccc3)c(C(/C=C\C=O)=C/NC)ccc2[nH]1. The van der Waals surface area contributed by atoms with Gasteiger partial charge in [-0.3, -0.25) is 4.79 Å². The summed E-state index contributed by atoms with van der Waals surface area (Å²) in [4.78, 5) is 19.3. The fourth-order valence-corrected chi connectivity index (χ4v) is 3.40. The summed E-state index contributed by atoms with van der Waals surface area (Å²) in [6.45, 7) is 4.40. The molecule has 1 atom stereocenters. The number of nitrogens with zero attached hydrogens (tertiary/aromatic N) is 1. The van der Waals surface area contributed by atoms with Crippen molar-refractivity contribution in [3.63, 3.8) is 0 Å². The van der Waals surface area contributed by atoms with E-state index in [4.69, 9.17) is 9.72 Å². The number of para-hydroxylation sites is 1. The third-order valence-corrected chi connectivity index (χ3v) is 5.01. The summed E-state index contributed by atoms with van der Waals surface area (Å²) < 4.78 is 6.33. The van der Waals surface area contributed by atoms with E-state index >= 15 is 0 Å². The van der Waals surface area contributed by atoms with E-state index in [0.717, 1.165) is 46.5 Å². The van der Waals surface area contributed by atoms with Gasteiger partial charge in [0.2, 0.25) is 0 Å². The zero-order chi connectivity index (χ0) is 21.3. The maximum atomic E-state index is 10.9. The first-order valence-corrected chi connectivity index (χ1v) is 10.4. The molecule has 3 aromatic rings. The van der Waals surface area contributed by atoms with Gasteiger partial charge in [-0.15, -0.1) is 0 Å². The molecule has 0 amide bonds. The number of carbonyl (C=O) groups excluding carboxylic acids is 1. The summed E-state index contributed by atoms with van der Waals surface area (Å²) in [5.41, 5.74) is 3.42. The second-order valence-electron chi connectivity index (χ2n) is 7.30. The number of imidazole rings is 1. The van der Waals surface area contributed by atoms with Crippen LogP contribution >= 0.6 is 0 Å². The Bertz CT molecular complexity index is 1040. The van der Waals surface area contributed by atoms with Gasteiger partial charge in [0.15, 0.2) is 5.75 Å². The van der Waals surface area contributed by atoms with Crippen LogP contribution in [0.15, 0.2) is 60.8 Å². The number of ether oxygens (including phenoxy) is 1. The average Bonchev–Trinajstić information content (AvgIpc) is 3.21. The molecule has 2 aromatic carbocycles. The quantitative estimate of drug-likeness (QED) is 0.249. The first-order chi connectivity index (χ1) is 14.7. The Hall–Kier alpha value is -3.34. The van der Waals surface area contributed by atoms with Crippen LogP contribution in [-0.2, 0) is 4.79 Å². The lowest BCUT2D eigenvalue weighted by Gasteiger charge is -2.13. The number of hydrogen-bond donors (Lipinski definition) is 2. The van der Waals surface area contributed by atoms with E-state index in [2.05, 4.69) is 24.1 Å². The first-order valence-electron chi connectivity index (χ1n) is 10.4. The van der Waals surface area contributed by atoms with Crippen LogP contribution in [-0.4, -0.2) is 23.3 Å². The third-order valence-electron chi connectivity index (χ3n) is 5.01. The van der Waals surface area contributed by atoms with Gasteiger partial charge in [0.05, 0.1) is 5.52 Å². The van der Waals surface area contributed by atoms with Crippen LogP contribution in [0.2, 0.25) is 0 Å². The highest BCUT2D eigenvalue weighted by Crippen LogP contribution is 2.37. The number of rotatable bonds is 10. The number of nitrogens with one attached hydrogen (secondary N) is 2. The number of aromatic amines is 1. The van der Waals surface area contributed by atoms with Crippen molar-refractivity contribution >= 4 is 22.9 Å². The van der Waals surface area contributed by atoms with Gasteiger partial charge in [-0.25, -0.2) is 4.98 Å². The van der Waals surface area contributed by atoms with Gasteiger partial charge < -0.3 is 15.0 Å². The predicted molar refractivity (Wildman–Crippen MR) is 123 cm³/mol. The van der Waals surface area contributed by atoms with E-state index in [1.807, 2.05) is 55.7 Å². The van der Waals surface area contributed by atoms with Crippen LogP contribution in [0.25, 0.3) is 16.6 Å². The number of allylic oxidation sites excluding steroid dienone is 3. The molecule has 1 heterocycles. The van der Waals surface area contributed by atoms with E-state index in [-0.39, 0.29) is 0 Å². The second kappa shape index (κ2) is 10.4. The maximum absolute atomic E-state index is 10.9. The second-order valence-corrected chi connectivity index (χ2v) is 7.30. The van der Waals surface area contributed by atoms with Gasteiger partial charge in [0, 0.05) is 30.3 Å². The molecule has 0 saturated carbocycles. The molecule has 0 saturated heterocycles. The lowest BCUT2D eigenvalue weighted by atomic mass is 10.0. The fourth-order valence-electron chi connectivity index (χ4n) is 3.40. The van der Waals surface area contributed by atoms with Crippen molar-refractivity contribution in [2.45, 2.75) is 39.0 Å². The molecule has 5 heteroatoms. The highest BCUT2D eigenvalue weighted by molar-refractivity contribution is 5.92. The standard InChI is InChI=1S/C25H29N3O2/c1-4-5-10-18(2)25-27-22-15-14-21(19(17-26-3)11-9-16-29)24(23(22)28-25)30-20-12-7-6-8-13-20/h6-9,11-18,26H,4-5,10H2,1-3H3,(H,27,28)/b11-9-,19-17+. The largest absolute Gasteiger partial charge is 0.454 e. The monoisotopic (exact) mass is 403 g/mol. The molecule has 0 aliphatic heterocycles. The van der Waals surface area contributed by atoms with Crippen LogP contribution in [0, 0.1) is 0 Å². The van der Waals surface area contributed by atoms with Crippen LogP contribution in [0.4, 0.5) is 0 Å². The van der Waals surface area contributed by atoms with Crippen molar-refractivity contribution in [2.24, 2.45) is 0 Å². The van der Waals surface area contributed by atoms with Crippen molar-refractivity contribution < 1.29 is 9.53 Å². The number of fused-ring (bicyclic) bond motifs is 1. The molecule has 1 unspecified atom stereocenters. The molecule has 5 nitrogen and oxygen atoms in total. The number of aldehydes is 1. The van der Waals surface area contributed by atoms with E-state index in [1.54, 1.807) is 6.08 Å². The number of hydrogen-bond acceptors (Lipinski definition) is 4. The van der Waals surface area contributed by atoms with Crippen molar-refractivity contribution in [1.82, 2.24) is 15.3 Å². The molecule has 3 rings (SSSR count). The fraction of sp³-hybridized carbons (Fsp3) is 0.280. The minimum absolute atomic E-state index is 0.340. The Kier molecular flexibility index (Phi) is 7.44. The number of unbranched alkanes of at least 4 members (excludes halogenated alkanes) is 1. The molecule has 0 radical (unpaired) electrons. The highest BCUT2D eigenvalue weighted by atomic mass is 16.5. The van der Waals surface area contributed by atoms with E-state index < -0.39 is 0 Å². The van der Waals surface area contributed by atoms with Crippen LogP contribution in [0.5, 0.6) is 11.5 Å². The van der Waals surface area contributed by atoms with Gasteiger partial charge in [0.1, 0.15) is 23.4 Å². The minimum atomic E-state index is 0.340. The molecule has 156 valence electrons. The maximum Gasteiger partial charge on any atom is 0.163 e. The molecule has 0 aliphatic rings. The van der Waals surface area contributed by atoms with E-state index in [0.29, 0.717) is 11.7 Å². The summed E-state index contributed by atoms with van der Waals surface area (Å²) in [5.74, 6) is 2.71. The van der Waals surface area contributed by atoms with Gasteiger partial charge in [-0.2, -0.15) is 0 Å². The smallest absolute Gasteiger partial charge is 0.163 e. The van der Waals surface area contributed by atoms with Crippen molar-refractivity contribution in [3.05, 3.63) is 72.2 Å². The summed E-state index contributed by atoms with van der Waals surface area (Å²) >= 11 is 0. The lowest BCUT2D eigenvalue weighted by Crippen LogP contribution is -1.98. The zero-order valence-electron chi connectivity index (χ0n) is 17.8. The Labute approximate surface area is 177 Å². The molecule has 0 spiro atoms. The summed E-state index contributed by atoms with van der Waals surface area (Å²) in [7, 11) is 1.83. The minimum Gasteiger partial charge on any atom is -0.454 e. The lowest BCUT2D eigenvalue weighted by molar-refractivity contribution is -0.104. The first kappa shape index (κ1) is 21.4. The highest BCUT2D eigenvalue weighted by Gasteiger charge is 2.18. The van der Waals surface area contributed by atoms with Crippen molar-refractivity contribution in [3.8, 4) is 11.5 Å². The van der Waals surface area contributed by atoms with Gasteiger partial charge in [-0.05, 0) is 42.8 Å². The Morgan fingerprint density at radius 2 is 2.03 bits per heavy atom. The van der Waals surface area contributed by atoms with Crippen molar-refractivity contribution in [2.75, 3.05) is 7.05 Å². The van der Waals surface area contributed by atoms with Gasteiger partial charge in [-0.1, -0.05) is 44.9 Å². The number of aromatic nitrogens is 2. The zero-order valence-corrected chi connectivity index (χ0v) is 17.8. The normalized spacial score (nSPS) is 13.0. The van der Waals surface area contributed by atoms with Crippen LogP contribution < -0.4 is 10.1 Å². The Balaban J connectivity index is 2.14. The molecular weight excluding hydrogens is 374 g/mol. The van der Waals surface area contributed by atoms with Gasteiger partial charge >= 0.3 is 0 Å². The molecule has 0 aliphatic carbocycles. The Morgan fingerprint density at radius 1 is 1.23 bits per heavy atom. The van der Waals surface area contributed by atoms with Crippen molar-refractivity contribution in [1.29, 1.82) is 0 Å². The molecule has 1 aromatic heterocycles. The van der Waals surface area contributed by atoms with Crippen LogP contribution in [0.1, 0.15) is 50.4 Å². The third kappa shape index (κ3) is 4.98. The molecule has 2 N–H and O–H groups in total. The van der Waals surface area contributed by atoms with Gasteiger partial charge in [0.25, 0.3) is 0 Å². The Morgan fingerprint density at radius 3 is 2.73 bits per heavy atom. The summed E-state index contributed by atoms with van der Waals surface area (Å²) in [5, 5.41) is 3.05. The summed E-state index contributed by atoms with van der Waals surface area (Å²) in [6, 6.07) is 13.7. The predicted octanol–water partition coefficient (Wildman–Crippen LogP) is 5.96. The molecule has 0 bridgehead atoms. The van der Waals surface area contributed by atoms with Crippen LogP contribution in [0.3, 0.4) is 0 Å². The number of carbonyl (C=O) groups is 1. The number of H-pyrrole nitrogens is 1. The van der Waals surface area contributed by atoms with E-state index in [9.17, 15) is 4.79 Å². The molecular formula is C25H29N3O2. The summed E-state index contributed by atoms with van der Waals surface area (Å²) in [6.07, 6.45) is 9.27. The molecule has 30 heavy (non-hydrogen) atoms. The molecule has 0 fully saturated rings.